The van der Waals surface area contributed by atoms with Crippen molar-refractivity contribution in [3.63, 3.8) is 0 Å². The number of aliphatic hydroxyl groups excluding tert-OH is 4. The Morgan fingerprint density at radius 2 is 0.714 bits per heavy atom. The molecule has 4 N–H and O–H groups in total. The molecule has 0 aromatic heterocycles. The molecule has 0 fully saturated rings. The van der Waals surface area contributed by atoms with Crippen molar-refractivity contribution in [1.82, 2.24) is 0 Å². The first kappa shape index (κ1) is 34.8. The molecule has 0 bridgehead atoms. The topological polar surface area (TPSA) is 90.2 Å². The molecule has 4 atom stereocenters. The minimum Gasteiger partial charge on any atom is -0.394 e. The first-order chi connectivity index (χ1) is 17.1. The number of rotatable bonds is 28. The molecule has 0 saturated heterocycles. The van der Waals surface area contributed by atoms with E-state index in [2.05, 4.69) is 13.8 Å². The van der Waals surface area contributed by atoms with Crippen LogP contribution in [0.5, 0.6) is 0 Å². The van der Waals surface area contributed by atoms with E-state index in [0.29, 0.717) is 12.8 Å². The van der Waals surface area contributed by atoms with Gasteiger partial charge in [-0.1, -0.05) is 117 Å². The van der Waals surface area contributed by atoms with Crippen LogP contribution in [0.1, 0.15) is 155 Å². The Morgan fingerprint density at radius 3 is 1.06 bits per heavy atom. The molecule has 0 amide bonds. The molecule has 0 aromatic carbocycles. The molecule has 0 aliphatic heterocycles. The second-order valence-corrected chi connectivity index (χ2v) is 10.7. The molecule has 0 aliphatic carbocycles. The van der Waals surface area contributed by atoms with Gasteiger partial charge in [-0.15, -0.1) is 0 Å². The lowest BCUT2D eigenvalue weighted by Crippen LogP contribution is -2.23. The summed E-state index contributed by atoms with van der Waals surface area (Å²) in [6.45, 7) is 4.21. The Hall–Kier alpha value is -0.200. The summed E-state index contributed by atoms with van der Waals surface area (Å²) in [5.74, 6) is 0. The molecule has 0 saturated carbocycles. The Balaban J connectivity index is 4.69. The Morgan fingerprint density at radius 1 is 0.429 bits per heavy atom. The standard InChI is InChI=1S/C30H62O5/c1-3-5-7-9-11-13-21-29(23-17-15-19-27(33)25-31)35-30(22-14-12-10-8-6-4-2)24-18-16-20-28(34)26-32/h27-34H,3-26H2,1-2H3. The summed E-state index contributed by atoms with van der Waals surface area (Å²) in [5, 5.41) is 37.4. The maximum absolute atomic E-state index is 9.65. The highest BCUT2D eigenvalue weighted by Gasteiger charge is 2.17. The van der Waals surface area contributed by atoms with Crippen LogP contribution in [0.25, 0.3) is 0 Å². The van der Waals surface area contributed by atoms with Crippen molar-refractivity contribution in [2.24, 2.45) is 0 Å². The lowest BCUT2D eigenvalue weighted by Gasteiger charge is -2.26. The summed E-state index contributed by atoms with van der Waals surface area (Å²) in [7, 11) is 0. The van der Waals surface area contributed by atoms with Crippen LogP contribution in [-0.4, -0.2) is 58.1 Å². The highest BCUT2D eigenvalue weighted by atomic mass is 16.5. The molecule has 0 heterocycles. The smallest absolute Gasteiger partial charge is 0.0770 e. The van der Waals surface area contributed by atoms with Gasteiger partial charge in [-0.05, 0) is 38.5 Å². The second-order valence-electron chi connectivity index (χ2n) is 10.7. The predicted octanol–water partition coefficient (Wildman–Crippen LogP) is 7.07. The summed E-state index contributed by atoms with van der Waals surface area (Å²) >= 11 is 0. The third kappa shape index (κ3) is 23.9. The number of unbranched alkanes of at least 4 members (excludes halogenated alkanes) is 12. The van der Waals surface area contributed by atoms with Gasteiger partial charge in [0, 0.05) is 0 Å². The SMILES string of the molecule is CCCCCCCCC(CCCCC(O)CO)OC(CCCCCCCC)CCCCC(O)CO. The molecule has 0 radical (unpaired) electrons. The van der Waals surface area contributed by atoms with Gasteiger partial charge in [0.2, 0.25) is 0 Å². The maximum atomic E-state index is 9.65. The molecule has 0 aromatic rings. The third-order valence-corrected chi connectivity index (χ3v) is 7.19. The van der Waals surface area contributed by atoms with E-state index >= 15 is 0 Å². The van der Waals surface area contributed by atoms with E-state index in [1.54, 1.807) is 0 Å². The van der Waals surface area contributed by atoms with Crippen LogP contribution in [0.15, 0.2) is 0 Å². The van der Waals surface area contributed by atoms with Crippen LogP contribution in [0.4, 0.5) is 0 Å². The maximum Gasteiger partial charge on any atom is 0.0770 e. The van der Waals surface area contributed by atoms with E-state index in [9.17, 15) is 10.2 Å². The van der Waals surface area contributed by atoms with Crippen LogP contribution >= 0.6 is 0 Å². The van der Waals surface area contributed by atoms with E-state index in [1.165, 1.54) is 77.0 Å². The summed E-state index contributed by atoms with van der Waals surface area (Å²) in [6.07, 6.45) is 24.4. The molecule has 4 unspecified atom stereocenters. The Kier molecular flexibility index (Phi) is 26.7. The van der Waals surface area contributed by atoms with Crippen molar-refractivity contribution >= 4 is 0 Å². The molecular formula is C30H62O5. The number of ether oxygens (including phenoxy) is 1. The molecule has 212 valence electrons. The van der Waals surface area contributed by atoms with Gasteiger partial charge in [0.1, 0.15) is 0 Å². The van der Waals surface area contributed by atoms with Crippen LogP contribution in [0.2, 0.25) is 0 Å². The predicted molar refractivity (Wildman–Crippen MR) is 148 cm³/mol. The fourth-order valence-electron chi connectivity index (χ4n) is 4.82. The van der Waals surface area contributed by atoms with E-state index in [1.807, 2.05) is 0 Å². The molecule has 35 heavy (non-hydrogen) atoms. The van der Waals surface area contributed by atoms with E-state index in [0.717, 1.165) is 51.4 Å². The van der Waals surface area contributed by atoms with E-state index in [-0.39, 0.29) is 25.4 Å². The van der Waals surface area contributed by atoms with Gasteiger partial charge in [-0.2, -0.15) is 0 Å². The molecular weight excluding hydrogens is 440 g/mol. The largest absolute Gasteiger partial charge is 0.394 e. The van der Waals surface area contributed by atoms with Crippen molar-refractivity contribution < 1.29 is 25.2 Å². The molecule has 0 spiro atoms. The summed E-state index contributed by atoms with van der Waals surface area (Å²) in [5.41, 5.74) is 0. The second kappa shape index (κ2) is 26.9. The summed E-state index contributed by atoms with van der Waals surface area (Å²) < 4.78 is 6.75. The highest BCUT2D eigenvalue weighted by Crippen LogP contribution is 2.23. The fourth-order valence-corrected chi connectivity index (χ4v) is 4.82. The van der Waals surface area contributed by atoms with Crippen molar-refractivity contribution in [2.45, 2.75) is 180 Å². The van der Waals surface area contributed by atoms with Crippen LogP contribution in [0.3, 0.4) is 0 Å². The zero-order chi connectivity index (χ0) is 26.0. The number of hydrogen-bond donors (Lipinski definition) is 4. The van der Waals surface area contributed by atoms with Gasteiger partial charge in [0.05, 0.1) is 37.6 Å². The highest BCUT2D eigenvalue weighted by molar-refractivity contribution is 4.68. The van der Waals surface area contributed by atoms with Crippen molar-refractivity contribution in [2.75, 3.05) is 13.2 Å². The lowest BCUT2D eigenvalue weighted by molar-refractivity contribution is -0.0332. The molecule has 5 nitrogen and oxygen atoms in total. The zero-order valence-electron chi connectivity index (χ0n) is 23.5. The van der Waals surface area contributed by atoms with E-state index in [4.69, 9.17) is 14.9 Å². The summed E-state index contributed by atoms with van der Waals surface area (Å²) in [6, 6.07) is 0. The fraction of sp³-hybridized carbons (Fsp3) is 1.00. The molecule has 0 rings (SSSR count). The van der Waals surface area contributed by atoms with Gasteiger partial charge >= 0.3 is 0 Å². The van der Waals surface area contributed by atoms with Gasteiger partial charge in [0.15, 0.2) is 0 Å². The average molecular weight is 503 g/mol. The zero-order valence-corrected chi connectivity index (χ0v) is 23.5. The first-order valence-corrected chi connectivity index (χ1v) is 15.3. The van der Waals surface area contributed by atoms with Gasteiger partial charge in [-0.3, -0.25) is 0 Å². The van der Waals surface area contributed by atoms with Crippen molar-refractivity contribution in [1.29, 1.82) is 0 Å². The minimum atomic E-state index is -0.595. The van der Waals surface area contributed by atoms with E-state index < -0.39 is 12.2 Å². The van der Waals surface area contributed by atoms with Crippen LogP contribution in [-0.2, 0) is 4.74 Å². The average Bonchev–Trinajstić information content (AvgIpc) is 2.87. The summed E-state index contributed by atoms with van der Waals surface area (Å²) in [4.78, 5) is 0. The van der Waals surface area contributed by atoms with Crippen LogP contribution in [0, 0.1) is 0 Å². The van der Waals surface area contributed by atoms with Gasteiger partial charge in [0.25, 0.3) is 0 Å². The van der Waals surface area contributed by atoms with Crippen LogP contribution < -0.4 is 0 Å². The molecule has 5 heteroatoms. The number of aliphatic hydroxyl groups is 4. The Labute approximate surface area is 218 Å². The molecule has 0 aliphatic rings. The van der Waals surface area contributed by atoms with Crippen molar-refractivity contribution in [3.8, 4) is 0 Å². The number of hydrogen-bond acceptors (Lipinski definition) is 5. The lowest BCUT2D eigenvalue weighted by atomic mass is 9.99. The minimum absolute atomic E-state index is 0.150. The quantitative estimate of drug-likeness (QED) is 0.0859. The third-order valence-electron chi connectivity index (χ3n) is 7.19. The van der Waals surface area contributed by atoms with Gasteiger partial charge in [-0.25, -0.2) is 0 Å². The first-order valence-electron chi connectivity index (χ1n) is 15.3. The normalized spacial score (nSPS) is 15.3. The Bertz CT molecular complexity index is 370. The van der Waals surface area contributed by atoms with Gasteiger partial charge < -0.3 is 25.2 Å². The monoisotopic (exact) mass is 502 g/mol. The van der Waals surface area contributed by atoms with Crippen molar-refractivity contribution in [3.05, 3.63) is 0 Å².